The Kier molecular flexibility index (Phi) is 7.20. The monoisotopic (exact) mass is 462 g/mol. The van der Waals surface area contributed by atoms with E-state index < -0.39 is 0 Å². The summed E-state index contributed by atoms with van der Waals surface area (Å²) in [7, 11) is 0. The minimum Gasteiger partial charge on any atom is -0.358 e. The van der Waals surface area contributed by atoms with Gasteiger partial charge in [-0.15, -0.1) is 0 Å². The molecule has 7 nitrogen and oxygen atoms in total. The molecule has 4 rings (SSSR count). The van der Waals surface area contributed by atoms with Crippen LogP contribution in [0.4, 0.5) is 11.4 Å². The maximum atomic E-state index is 13.6. The quantitative estimate of drug-likeness (QED) is 0.680. The molecule has 3 amide bonds. The maximum absolute atomic E-state index is 13.6. The van der Waals surface area contributed by atoms with Crippen LogP contribution in [-0.2, 0) is 9.59 Å². The van der Waals surface area contributed by atoms with Gasteiger partial charge in [-0.3, -0.25) is 19.3 Å². The minimum atomic E-state index is -0.259. The van der Waals surface area contributed by atoms with Crippen LogP contribution in [0.3, 0.4) is 0 Å². The Bertz CT molecular complexity index is 1050. The Hall–Kier alpha value is -3.35. The van der Waals surface area contributed by atoms with Gasteiger partial charge in [0.2, 0.25) is 11.8 Å². The second kappa shape index (κ2) is 10.3. The van der Waals surface area contributed by atoms with Crippen molar-refractivity contribution < 1.29 is 14.4 Å². The zero-order chi connectivity index (χ0) is 24.2. The van der Waals surface area contributed by atoms with Crippen molar-refractivity contribution in [2.24, 2.45) is 0 Å². The zero-order valence-electron chi connectivity index (χ0n) is 20.3. The molecule has 0 spiro atoms. The number of hydrogen-bond acceptors (Lipinski definition) is 4. The predicted molar refractivity (Wildman–Crippen MR) is 134 cm³/mol. The van der Waals surface area contributed by atoms with E-state index >= 15 is 0 Å². The van der Waals surface area contributed by atoms with Gasteiger partial charge in [0.15, 0.2) is 0 Å². The van der Waals surface area contributed by atoms with E-state index in [1.807, 2.05) is 63.2 Å². The lowest BCUT2D eigenvalue weighted by atomic mass is 9.95. The lowest BCUT2D eigenvalue weighted by Crippen LogP contribution is -2.57. The third-order valence-electron chi connectivity index (χ3n) is 6.91. The fourth-order valence-corrected chi connectivity index (χ4v) is 5.00. The van der Waals surface area contributed by atoms with Crippen molar-refractivity contribution in [2.45, 2.75) is 52.1 Å². The van der Waals surface area contributed by atoms with Crippen molar-refractivity contribution in [2.75, 3.05) is 36.0 Å². The Labute approximate surface area is 201 Å². The van der Waals surface area contributed by atoms with Gasteiger partial charge in [-0.25, -0.2) is 0 Å². The average Bonchev–Trinajstić information content (AvgIpc) is 2.87. The number of carbonyl (C=O) groups is 3. The van der Waals surface area contributed by atoms with Crippen molar-refractivity contribution in [3.63, 3.8) is 0 Å². The van der Waals surface area contributed by atoms with Crippen molar-refractivity contribution >= 4 is 29.1 Å². The number of amides is 3. The van der Waals surface area contributed by atoms with Gasteiger partial charge in [-0.2, -0.15) is 0 Å². The van der Waals surface area contributed by atoms with Crippen LogP contribution in [0.15, 0.2) is 48.5 Å². The van der Waals surface area contributed by atoms with Crippen molar-refractivity contribution in [1.82, 2.24) is 10.2 Å². The van der Waals surface area contributed by atoms with Gasteiger partial charge in [0, 0.05) is 25.2 Å². The number of nitrogens with one attached hydrogen (secondary N) is 1. The van der Waals surface area contributed by atoms with Crippen LogP contribution in [-0.4, -0.2) is 54.8 Å². The highest BCUT2D eigenvalue weighted by atomic mass is 16.2. The number of anilines is 2. The summed E-state index contributed by atoms with van der Waals surface area (Å²) in [5.41, 5.74) is 3.11. The molecule has 1 N–H and O–H groups in total. The van der Waals surface area contributed by atoms with E-state index in [1.165, 1.54) is 0 Å². The third kappa shape index (κ3) is 4.65. The molecule has 0 aliphatic carbocycles. The highest BCUT2D eigenvalue weighted by molar-refractivity contribution is 6.09. The van der Waals surface area contributed by atoms with E-state index in [0.29, 0.717) is 24.3 Å². The van der Waals surface area contributed by atoms with Crippen molar-refractivity contribution in [3.8, 4) is 0 Å². The number of piperidine rings is 1. The Morgan fingerprint density at radius 3 is 2.50 bits per heavy atom. The predicted octanol–water partition coefficient (Wildman–Crippen LogP) is 3.75. The number of benzene rings is 2. The zero-order valence-corrected chi connectivity index (χ0v) is 20.3. The molecule has 1 fully saturated rings. The second-order valence-electron chi connectivity index (χ2n) is 9.01. The van der Waals surface area contributed by atoms with E-state index in [2.05, 4.69) is 10.2 Å². The molecule has 0 bridgehead atoms. The molecule has 180 valence electrons. The molecule has 2 aliphatic rings. The first kappa shape index (κ1) is 23.8. The van der Waals surface area contributed by atoms with Crippen LogP contribution < -0.4 is 15.1 Å². The van der Waals surface area contributed by atoms with Crippen LogP contribution in [0.25, 0.3) is 0 Å². The van der Waals surface area contributed by atoms with Crippen molar-refractivity contribution in [1.29, 1.82) is 0 Å². The number of carbonyl (C=O) groups excluding carboxylic acids is 3. The summed E-state index contributed by atoms with van der Waals surface area (Å²) < 4.78 is 0. The summed E-state index contributed by atoms with van der Waals surface area (Å²) in [5, 5.41) is 3.02. The first-order chi connectivity index (χ1) is 16.4. The summed E-state index contributed by atoms with van der Waals surface area (Å²) in [6.45, 7) is 7.79. The molecule has 0 aromatic heterocycles. The van der Waals surface area contributed by atoms with Gasteiger partial charge in [0.05, 0.1) is 17.4 Å². The second-order valence-corrected chi connectivity index (χ2v) is 9.01. The fraction of sp³-hybridized carbons (Fsp3) is 0.444. The topological polar surface area (TPSA) is 73.0 Å². The highest BCUT2D eigenvalue weighted by Crippen LogP contribution is 2.40. The maximum Gasteiger partial charge on any atom is 0.253 e. The van der Waals surface area contributed by atoms with Crippen LogP contribution in [0.1, 0.15) is 62.0 Å². The Balaban J connectivity index is 1.63. The van der Waals surface area contributed by atoms with E-state index in [-0.39, 0.29) is 36.3 Å². The molecule has 0 unspecified atom stereocenters. The van der Waals surface area contributed by atoms with Gasteiger partial charge < -0.3 is 15.1 Å². The average molecular weight is 463 g/mol. The molecule has 1 saturated heterocycles. The molecule has 7 heteroatoms. The number of rotatable bonds is 7. The molecule has 2 aliphatic heterocycles. The molecular weight excluding hydrogens is 428 g/mol. The number of hydrogen-bond donors (Lipinski definition) is 1. The Morgan fingerprint density at radius 1 is 1.06 bits per heavy atom. The van der Waals surface area contributed by atoms with Gasteiger partial charge in [-0.05, 0) is 63.8 Å². The molecule has 2 aromatic rings. The normalized spacial score (nSPS) is 18.1. The van der Waals surface area contributed by atoms with Gasteiger partial charge in [-0.1, -0.05) is 30.3 Å². The molecule has 0 radical (unpaired) electrons. The fourth-order valence-electron chi connectivity index (χ4n) is 5.00. The largest absolute Gasteiger partial charge is 0.358 e. The van der Waals surface area contributed by atoms with Gasteiger partial charge in [0.1, 0.15) is 12.6 Å². The SMILES string of the molecule is CCN(CC)C(=O)c1ccc2c(c1)N(CC(=O)N[C@@H](C)c1ccccc1)C(=O)[C@H]1CCCCN21. The van der Waals surface area contributed by atoms with E-state index in [1.54, 1.807) is 15.9 Å². The van der Waals surface area contributed by atoms with E-state index in [0.717, 1.165) is 37.1 Å². The molecule has 2 aromatic carbocycles. The van der Waals surface area contributed by atoms with Crippen LogP contribution in [0.2, 0.25) is 0 Å². The summed E-state index contributed by atoms with van der Waals surface area (Å²) in [4.78, 5) is 45.1. The molecular formula is C27H34N4O3. The summed E-state index contributed by atoms with van der Waals surface area (Å²) in [6.07, 6.45) is 2.79. The summed E-state index contributed by atoms with van der Waals surface area (Å²) in [6, 6.07) is 14.9. The molecule has 2 atom stereocenters. The van der Waals surface area contributed by atoms with Gasteiger partial charge in [0.25, 0.3) is 5.91 Å². The number of nitrogens with zero attached hydrogens (tertiary/aromatic N) is 3. The smallest absolute Gasteiger partial charge is 0.253 e. The van der Waals surface area contributed by atoms with Crippen LogP contribution >= 0.6 is 0 Å². The van der Waals surface area contributed by atoms with E-state index in [4.69, 9.17) is 0 Å². The summed E-state index contributed by atoms with van der Waals surface area (Å²) in [5.74, 6) is -0.356. The summed E-state index contributed by atoms with van der Waals surface area (Å²) >= 11 is 0. The third-order valence-corrected chi connectivity index (χ3v) is 6.91. The minimum absolute atomic E-state index is 0.0666. The van der Waals surface area contributed by atoms with E-state index in [9.17, 15) is 14.4 Å². The van der Waals surface area contributed by atoms with Gasteiger partial charge >= 0.3 is 0 Å². The molecule has 0 saturated carbocycles. The van der Waals surface area contributed by atoms with Crippen LogP contribution in [0, 0.1) is 0 Å². The first-order valence-corrected chi connectivity index (χ1v) is 12.3. The van der Waals surface area contributed by atoms with Crippen molar-refractivity contribution in [3.05, 3.63) is 59.7 Å². The lowest BCUT2D eigenvalue weighted by molar-refractivity contribution is -0.125. The first-order valence-electron chi connectivity index (χ1n) is 12.3. The number of fused-ring (bicyclic) bond motifs is 3. The Morgan fingerprint density at radius 2 is 1.79 bits per heavy atom. The highest BCUT2D eigenvalue weighted by Gasteiger charge is 2.40. The molecule has 2 heterocycles. The molecule has 34 heavy (non-hydrogen) atoms. The lowest BCUT2D eigenvalue weighted by Gasteiger charge is -2.45. The standard InChI is InChI=1S/C27H34N4O3/c1-4-29(5-2)26(33)21-14-15-22-24(17-21)31(27(34)23-13-9-10-16-30(22)23)18-25(32)28-19(3)20-11-7-6-8-12-20/h6-8,11-12,14-15,17,19,23H,4-5,9-10,13,16,18H2,1-3H3,(H,28,32)/t19-,23+/m0/s1. The van der Waals surface area contributed by atoms with Crippen LogP contribution in [0.5, 0.6) is 0 Å².